The average molecular weight is 312 g/mol. The largest absolute Gasteiger partial charge is 0.460 e. The van der Waals surface area contributed by atoms with Gasteiger partial charge in [-0.1, -0.05) is 5.57 Å². The first kappa shape index (κ1) is 15.5. The van der Waals surface area contributed by atoms with Gasteiger partial charge in [0, 0.05) is 5.57 Å². The molecule has 0 aromatic heterocycles. The Morgan fingerprint density at radius 1 is 0.750 bits per heavy atom. The van der Waals surface area contributed by atoms with Crippen molar-refractivity contribution in [3.63, 3.8) is 0 Å². The van der Waals surface area contributed by atoms with E-state index in [9.17, 15) is 39.5 Å². The molecule has 0 heterocycles. The van der Waals surface area contributed by atoms with Gasteiger partial charge in [-0.05, 0) is 31.6 Å². The van der Waals surface area contributed by atoms with Gasteiger partial charge >= 0.3 is 23.9 Å². The van der Waals surface area contributed by atoms with Crippen LogP contribution in [0.1, 0.15) is 25.7 Å². The van der Waals surface area contributed by atoms with E-state index in [1.807, 2.05) is 0 Å². The third-order valence-corrected chi connectivity index (χ3v) is 3.83. The minimum absolute atomic E-state index is 0.0449. The maximum atomic E-state index is 13.6. The van der Waals surface area contributed by atoms with Crippen LogP contribution in [-0.4, -0.2) is 23.9 Å². The summed E-state index contributed by atoms with van der Waals surface area (Å²) in [5, 5.41) is 0. The molecule has 2 bridgehead atoms. The zero-order chi connectivity index (χ0) is 15.6. The highest BCUT2D eigenvalue weighted by Crippen LogP contribution is 2.59. The fourth-order valence-corrected chi connectivity index (χ4v) is 2.73. The molecular weight excluding hydrogens is 303 g/mol. The summed E-state index contributed by atoms with van der Waals surface area (Å²) in [5.41, 5.74) is -1.36. The van der Waals surface area contributed by atoms with Gasteiger partial charge in [0.2, 0.25) is 0 Å². The van der Waals surface area contributed by atoms with Crippen molar-refractivity contribution in [1.82, 2.24) is 0 Å². The van der Waals surface area contributed by atoms with Crippen LogP contribution in [0.15, 0.2) is 11.1 Å². The summed E-state index contributed by atoms with van der Waals surface area (Å²) in [4.78, 5) is 0. The summed E-state index contributed by atoms with van der Waals surface area (Å²) in [5.74, 6) is -19.2. The SMILES string of the molecule is FC(F)(F)C(F)(F)C(F)(F)C(F)(F)C1=C2CCC(C2)C1. The lowest BCUT2D eigenvalue weighted by Gasteiger charge is -2.35. The Bertz CT molecular complexity index is 443. The Balaban J connectivity index is 2.43. The molecule has 1 unspecified atom stereocenters. The Kier molecular flexibility index (Phi) is 3.15. The Morgan fingerprint density at radius 2 is 1.30 bits per heavy atom. The molecule has 116 valence electrons. The van der Waals surface area contributed by atoms with E-state index >= 15 is 0 Å². The molecule has 0 amide bonds. The van der Waals surface area contributed by atoms with Gasteiger partial charge in [0.05, 0.1) is 0 Å². The van der Waals surface area contributed by atoms with Gasteiger partial charge < -0.3 is 0 Å². The van der Waals surface area contributed by atoms with Gasteiger partial charge in [0.15, 0.2) is 0 Å². The third-order valence-electron chi connectivity index (χ3n) is 3.83. The molecule has 0 N–H and O–H groups in total. The molecule has 1 saturated carbocycles. The van der Waals surface area contributed by atoms with Gasteiger partial charge in [-0.3, -0.25) is 0 Å². The smallest absolute Gasteiger partial charge is 0.194 e. The number of halogens is 9. The van der Waals surface area contributed by atoms with Gasteiger partial charge in [-0.25, -0.2) is 0 Å². The summed E-state index contributed by atoms with van der Waals surface area (Å²) in [6.45, 7) is 0. The quantitative estimate of drug-likeness (QED) is 0.511. The molecule has 0 nitrogen and oxygen atoms in total. The first-order valence-corrected chi connectivity index (χ1v) is 5.74. The zero-order valence-corrected chi connectivity index (χ0v) is 9.81. The van der Waals surface area contributed by atoms with E-state index in [0.29, 0.717) is 6.42 Å². The standard InChI is InChI=1S/C11H9F9/c12-8(13,7-4-5-1-2-6(7)3-5)9(14,15)10(16,17)11(18,19)20/h5H,1-4H2. The van der Waals surface area contributed by atoms with Crippen molar-refractivity contribution in [3.8, 4) is 0 Å². The summed E-state index contributed by atoms with van der Waals surface area (Å²) in [6, 6.07) is 0. The molecule has 0 aliphatic heterocycles. The monoisotopic (exact) mass is 312 g/mol. The number of allylic oxidation sites excluding steroid dienone is 2. The highest BCUT2D eigenvalue weighted by molar-refractivity contribution is 5.34. The van der Waals surface area contributed by atoms with E-state index in [0.717, 1.165) is 0 Å². The molecular formula is C11H9F9. The van der Waals surface area contributed by atoms with Crippen LogP contribution in [0.5, 0.6) is 0 Å². The van der Waals surface area contributed by atoms with Crippen LogP contribution in [-0.2, 0) is 0 Å². The van der Waals surface area contributed by atoms with Gasteiger partial charge in [-0.2, -0.15) is 39.5 Å². The number of rotatable bonds is 3. The van der Waals surface area contributed by atoms with E-state index in [4.69, 9.17) is 0 Å². The molecule has 0 radical (unpaired) electrons. The normalized spacial score (nSPS) is 24.8. The molecule has 0 aromatic rings. The molecule has 2 aliphatic carbocycles. The first-order chi connectivity index (χ1) is 8.82. The minimum Gasteiger partial charge on any atom is -0.194 e. The second kappa shape index (κ2) is 4.07. The van der Waals surface area contributed by atoms with Crippen molar-refractivity contribution in [3.05, 3.63) is 11.1 Å². The highest BCUT2D eigenvalue weighted by Gasteiger charge is 2.82. The second-order valence-corrected chi connectivity index (χ2v) is 5.12. The van der Waals surface area contributed by atoms with Crippen molar-refractivity contribution < 1.29 is 39.5 Å². The van der Waals surface area contributed by atoms with Crippen LogP contribution in [0.25, 0.3) is 0 Å². The van der Waals surface area contributed by atoms with E-state index in [2.05, 4.69) is 0 Å². The van der Waals surface area contributed by atoms with Gasteiger partial charge in [-0.15, -0.1) is 0 Å². The van der Waals surface area contributed by atoms with E-state index < -0.39 is 35.9 Å². The Morgan fingerprint density at radius 3 is 1.65 bits per heavy atom. The Hall–Kier alpha value is -0.890. The molecule has 0 aromatic carbocycles. The highest BCUT2D eigenvalue weighted by atomic mass is 19.4. The summed E-state index contributed by atoms with van der Waals surface area (Å²) < 4.78 is 115. The molecule has 0 spiro atoms. The van der Waals surface area contributed by atoms with E-state index in [1.54, 1.807) is 0 Å². The van der Waals surface area contributed by atoms with E-state index in [-0.39, 0.29) is 24.3 Å². The van der Waals surface area contributed by atoms with Crippen molar-refractivity contribution in [2.45, 2.75) is 49.6 Å². The summed E-state index contributed by atoms with van der Waals surface area (Å²) in [7, 11) is 0. The van der Waals surface area contributed by atoms with Gasteiger partial charge in [0.1, 0.15) is 0 Å². The van der Waals surface area contributed by atoms with Crippen LogP contribution >= 0.6 is 0 Å². The number of alkyl halides is 9. The predicted molar refractivity (Wildman–Crippen MR) is 49.9 cm³/mol. The minimum atomic E-state index is -6.79. The maximum absolute atomic E-state index is 13.6. The molecule has 9 heteroatoms. The van der Waals surface area contributed by atoms with Crippen LogP contribution in [0.2, 0.25) is 0 Å². The lowest BCUT2D eigenvalue weighted by molar-refractivity contribution is -0.390. The van der Waals surface area contributed by atoms with Crippen LogP contribution < -0.4 is 0 Å². The fourth-order valence-electron chi connectivity index (χ4n) is 2.73. The van der Waals surface area contributed by atoms with E-state index in [1.165, 1.54) is 0 Å². The van der Waals surface area contributed by atoms with Crippen LogP contribution in [0.3, 0.4) is 0 Å². The lowest BCUT2D eigenvalue weighted by atomic mass is 9.89. The summed E-state index contributed by atoms with van der Waals surface area (Å²) in [6.07, 6.45) is -6.72. The van der Waals surface area contributed by atoms with Gasteiger partial charge in [0.25, 0.3) is 0 Å². The number of hydrogen-bond acceptors (Lipinski definition) is 0. The predicted octanol–water partition coefficient (Wildman–Crippen LogP) is 4.96. The van der Waals surface area contributed by atoms with Crippen molar-refractivity contribution in [1.29, 1.82) is 0 Å². The molecule has 1 atom stereocenters. The zero-order valence-electron chi connectivity index (χ0n) is 9.81. The first-order valence-electron chi connectivity index (χ1n) is 5.74. The molecule has 2 aliphatic rings. The second-order valence-electron chi connectivity index (χ2n) is 5.12. The Labute approximate surface area is 107 Å². The van der Waals surface area contributed by atoms with Crippen molar-refractivity contribution in [2.24, 2.45) is 5.92 Å². The van der Waals surface area contributed by atoms with Crippen LogP contribution in [0, 0.1) is 5.92 Å². The maximum Gasteiger partial charge on any atom is 0.460 e. The van der Waals surface area contributed by atoms with Crippen molar-refractivity contribution in [2.75, 3.05) is 0 Å². The summed E-state index contributed by atoms with van der Waals surface area (Å²) >= 11 is 0. The molecule has 0 saturated heterocycles. The molecule has 20 heavy (non-hydrogen) atoms. The molecule has 1 fully saturated rings. The topological polar surface area (TPSA) is 0 Å². The van der Waals surface area contributed by atoms with Crippen molar-refractivity contribution >= 4 is 0 Å². The average Bonchev–Trinajstić information content (AvgIpc) is 2.88. The fraction of sp³-hybridized carbons (Fsp3) is 0.818. The third kappa shape index (κ3) is 1.84. The number of fused-ring (bicyclic) bond motifs is 2. The lowest BCUT2D eigenvalue weighted by Crippen LogP contribution is -2.61. The molecule has 2 rings (SSSR count). The van der Waals surface area contributed by atoms with Crippen LogP contribution in [0.4, 0.5) is 39.5 Å². The number of hydrogen-bond donors (Lipinski definition) is 0.